The molecule has 0 fully saturated rings. The van der Waals surface area contributed by atoms with E-state index in [9.17, 15) is 0 Å². The minimum atomic E-state index is -0.826. The number of benzene rings is 4. The zero-order chi connectivity index (χ0) is 41.4. The quantitative estimate of drug-likeness (QED) is 0.128. The van der Waals surface area contributed by atoms with Crippen LogP contribution in [0.15, 0.2) is 93.8 Å². The van der Waals surface area contributed by atoms with Gasteiger partial charge in [0.05, 0.1) is 0 Å². The normalized spacial score (nSPS) is 15.6. The molecule has 2 atom stereocenters. The fourth-order valence-electron chi connectivity index (χ4n) is 8.95. The van der Waals surface area contributed by atoms with Crippen LogP contribution in [0.25, 0.3) is 45.6 Å². The number of fused-ring (bicyclic) bond motifs is 2. The van der Waals surface area contributed by atoms with Crippen LogP contribution in [0.4, 0.5) is 0 Å². The first-order chi connectivity index (χ1) is 27.8. The van der Waals surface area contributed by atoms with Crippen LogP contribution in [0.1, 0.15) is 130 Å². The van der Waals surface area contributed by atoms with E-state index in [0.29, 0.717) is 11.8 Å². The summed E-state index contributed by atoms with van der Waals surface area (Å²) in [6.45, 7) is 22.3. The fraction of sp³-hybridized carbons (Fsp3) is 0.308. The number of allylic oxidation sites excluding steroid dienone is 2. The number of hydrogen-bond acceptors (Lipinski definition) is 2. The molecule has 58 heavy (non-hydrogen) atoms. The first-order valence-corrected chi connectivity index (χ1v) is 28.3. The Hall–Kier alpha value is -3.40. The summed E-state index contributed by atoms with van der Waals surface area (Å²) in [4.78, 5) is 0. The summed E-state index contributed by atoms with van der Waals surface area (Å²) >= 11 is -0.826. The van der Waals surface area contributed by atoms with E-state index >= 15 is 0 Å². The van der Waals surface area contributed by atoms with Crippen molar-refractivity contribution >= 4 is 49.8 Å². The van der Waals surface area contributed by atoms with Gasteiger partial charge in [-0.05, 0) is 180 Å². The SMILES string of the molecule is Cc1ccc(C2=Cc3c(cc(C)c(C)c3-c3ccc(C(C)C)cc3)C2C[Si]CC2C(c3ccc(C)o3)=Cc3c2cc(C)c(C)c3-c2ccc(C(C)C)cc2)o1.[Cl][Zr][Cl]. The number of rotatable bonds is 10. The monoisotopic (exact) mass is 898 g/mol. The molecule has 4 aromatic carbocycles. The Kier molecular flexibility index (Phi) is 13.3. The van der Waals surface area contributed by atoms with E-state index in [1.165, 1.54) is 89.0 Å². The van der Waals surface area contributed by atoms with Crippen molar-refractivity contribution in [2.45, 2.75) is 105 Å². The van der Waals surface area contributed by atoms with Crippen molar-refractivity contribution in [3.8, 4) is 22.3 Å². The molecule has 8 rings (SSSR count). The molecule has 0 amide bonds. The maximum absolute atomic E-state index is 6.39. The van der Waals surface area contributed by atoms with E-state index in [1.54, 1.807) is 0 Å². The molecule has 296 valence electrons. The number of furan rings is 2. The van der Waals surface area contributed by atoms with Crippen molar-refractivity contribution in [1.29, 1.82) is 0 Å². The van der Waals surface area contributed by atoms with E-state index in [1.807, 2.05) is 0 Å². The molecular formula is C52H54Cl2O2SiZr. The van der Waals surface area contributed by atoms with Crippen molar-refractivity contribution in [3.05, 3.63) is 164 Å². The van der Waals surface area contributed by atoms with Crippen LogP contribution in [-0.4, -0.2) is 9.52 Å². The van der Waals surface area contributed by atoms with Gasteiger partial charge in [0.15, 0.2) is 0 Å². The van der Waals surface area contributed by atoms with Gasteiger partial charge in [0, 0.05) is 32.5 Å². The molecule has 0 saturated heterocycles. The number of hydrogen-bond donors (Lipinski definition) is 0. The van der Waals surface area contributed by atoms with E-state index in [2.05, 4.69) is 166 Å². The second-order valence-corrected chi connectivity index (χ2v) is 21.8. The summed E-state index contributed by atoms with van der Waals surface area (Å²) in [6, 6.07) is 34.2. The topological polar surface area (TPSA) is 26.3 Å². The zero-order valence-electron chi connectivity index (χ0n) is 35.5. The zero-order valence-corrected chi connectivity index (χ0v) is 40.5. The third kappa shape index (κ3) is 8.47. The first-order valence-electron chi connectivity index (χ1n) is 20.5. The Morgan fingerprint density at radius 1 is 0.552 bits per heavy atom. The van der Waals surface area contributed by atoms with Crippen LogP contribution in [0.2, 0.25) is 12.1 Å². The van der Waals surface area contributed by atoms with E-state index in [0.717, 1.165) is 44.6 Å². The standard InChI is InChI=1S/C52H54O2Si.2ClH.Zr/c1-29(2)37-13-17-39(18-14-37)51-35(9)31(5)23-41-45(51)25-43(49-21-11-33(7)53-49)47(41)27-55-28-48-42-24-32(6)36(10)52(40-19-15-38(16-20-40)30(3)4)46(42)26-44(48)50-22-12-34(8)54-50;;;/h11-26,29-30,47-48H,27-28H2,1-10H3;2*1H;/q;;;+2/p-2. The van der Waals surface area contributed by atoms with Gasteiger partial charge in [-0.2, -0.15) is 0 Å². The van der Waals surface area contributed by atoms with E-state index in [4.69, 9.17) is 25.9 Å². The van der Waals surface area contributed by atoms with Gasteiger partial charge in [0.1, 0.15) is 23.0 Å². The average molecular weight is 901 g/mol. The van der Waals surface area contributed by atoms with Crippen molar-refractivity contribution in [3.63, 3.8) is 0 Å². The predicted molar refractivity (Wildman–Crippen MR) is 246 cm³/mol. The molecule has 6 aromatic rings. The summed E-state index contributed by atoms with van der Waals surface area (Å²) in [5.41, 5.74) is 21.7. The summed E-state index contributed by atoms with van der Waals surface area (Å²) in [5, 5.41) is 0. The Labute approximate surface area is 367 Å². The van der Waals surface area contributed by atoms with Crippen molar-refractivity contribution < 1.29 is 29.7 Å². The molecule has 0 aliphatic heterocycles. The second-order valence-electron chi connectivity index (χ2n) is 16.8. The number of halogens is 2. The van der Waals surface area contributed by atoms with Crippen LogP contribution < -0.4 is 0 Å². The van der Waals surface area contributed by atoms with Crippen LogP contribution in [0.3, 0.4) is 0 Å². The molecule has 0 saturated carbocycles. The van der Waals surface area contributed by atoms with E-state index in [-0.39, 0.29) is 11.8 Å². The second kappa shape index (κ2) is 18.1. The van der Waals surface area contributed by atoms with Gasteiger partial charge in [-0.1, -0.05) is 88.4 Å². The van der Waals surface area contributed by atoms with Crippen LogP contribution in [0, 0.1) is 41.5 Å². The van der Waals surface area contributed by atoms with Gasteiger partial charge in [0.25, 0.3) is 0 Å². The molecule has 2 nitrogen and oxygen atoms in total. The summed E-state index contributed by atoms with van der Waals surface area (Å²) < 4.78 is 12.8. The fourth-order valence-corrected chi connectivity index (χ4v) is 10.6. The molecule has 2 aliphatic carbocycles. The molecule has 2 aromatic heterocycles. The maximum atomic E-state index is 6.39. The third-order valence-electron chi connectivity index (χ3n) is 12.4. The molecular weight excluding hydrogens is 847 g/mol. The Bertz CT molecular complexity index is 2320. The molecule has 2 aliphatic rings. The molecule has 2 heterocycles. The Morgan fingerprint density at radius 2 is 0.914 bits per heavy atom. The third-order valence-corrected chi connectivity index (χ3v) is 13.8. The van der Waals surface area contributed by atoms with Crippen LogP contribution in [-0.2, 0) is 20.8 Å². The molecule has 2 unspecified atom stereocenters. The Morgan fingerprint density at radius 3 is 1.22 bits per heavy atom. The van der Waals surface area contributed by atoms with Crippen molar-refractivity contribution in [2.24, 2.45) is 0 Å². The Balaban J connectivity index is 0.00000166. The summed E-state index contributed by atoms with van der Waals surface area (Å²) in [7, 11) is 10.6. The summed E-state index contributed by atoms with van der Waals surface area (Å²) in [6.07, 6.45) is 4.90. The van der Waals surface area contributed by atoms with Gasteiger partial charge in [-0.15, -0.1) is 0 Å². The molecule has 0 N–H and O–H groups in total. The van der Waals surface area contributed by atoms with Gasteiger partial charge >= 0.3 is 37.9 Å². The summed E-state index contributed by atoms with van der Waals surface area (Å²) in [5.74, 6) is 5.45. The minimum absolute atomic E-state index is 0.265. The van der Waals surface area contributed by atoms with E-state index < -0.39 is 20.8 Å². The predicted octanol–water partition coefficient (Wildman–Crippen LogP) is 16.2. The van der Waals surface area contributed by atoms with Gasteiger partial charge < -0.3 is 8.83 Å². The van der Waals surface area contributed by atoms with Crippen LogP contribution in [0.5, 0.6) is 0 Å². The number of aryl methyl sites for hydroxylation is 4. The van der Waals surface area contributed by atoms with Crippen molar-refractivity contribution in [1.82, 2.24) is 0 Å². The van der Waals surface area contributed by atoms with Crippen LogP contribution >= 0.6 is 17.0 Å². The first kappa shape index (κ1) is 42.7. The average Bonchev–Trinajstić information content (AvgIpc) is 3.99. The molecule has 2 radical (unpaired) electrons. The molecule has 0 bridgehead atoms. The van der Waals surface area contributed by atoms with Crippen molar-refractivity contribution in [2.75, 3.05) is 0 Å². The van der Waals surface area contributed by atoms with Gasteiger partial charge in [-0.25, -0.2) is 0 Å². The molecule has 6 heteroatoms. The molecule has 0 spiro atoms. The van der Waals surface area contributed by atoms with Gasteiger partial charge in [0.2, 0.25) is 0 Å². The van der Waals surface area contributed by atoms with Gasteiger partial charge in [-0.3, -0.25) is 0 Å².